The fraction of sp³-hybridized carbons (Fsp3) is 0.727. The number of aliphatic hydroxyl groups is 1. The first-order valence-electron chi connectivity index (χ1n) is 5.45. The van der Waals surface area contributed by atoms with Crippen molar-refractivity contribution in [3.8, 4) is 0 Å². The van der Waals surface area contributed by atoms with Gasteiger partial charge in [0.05, 0.1) is 6.61 Å². The normalized spacial score (nSPS) is 19.7. The summed E-state index contributed by atoms with van der Waals surface area (Å²) >= 11 is 0. The van der Waals surface area contributed by atoms with Gasteiger partial charge in [-0.2, -0.15) is 13.2 Å². The highest BCUT2D eigenvalue weighted by atomic mass is 19.4. The number of hydrogen-bond acceptors (Lipinski definition) is 3. The van der Waals surface area contributed by atoms with E-state index >= 15 is 0 Å². The minimum atomic E-state index is -5.03. The molecule has 0 amide bonds. The lowest BCUT2D eigenvalue weighted by Crippen LogP contribution is -2.53. The number of rotatable bonds is 4. The predicted molar refractivity (Wildman–Crippen MR) is 54.2 cm³/mol. The van der Waals surface area contributed by atoms with E-state index in [0.29, 0.717) is 18.4 Å². The zero-order valence-electron chi connectivity index (χ0n) is 9.51. The van der Waals surface area contributed by atoms with Gasteiger partial charge in [-0.3, -0.25) is 0 Å². The van der Waals surface area contributed by atoms with E-state index in [4.69, 9.17) is 0 Å². The monoisotopic (exact) mass is 252 g/mol. The lowest BCUT2D eigenvalue weighted by molar-refractivity contribution is -0.262. The van der Waals surface area contributed by atoms with Gasteiger partial charge in [0.15, 0.2) is 0 Å². The van der Waals surface area contributed by atoms with Crippen molar-refractivity contribution < 1.29 is 27.8 Å². The molecule has 1 aliphatic carbocycles. The third kappa shape index (κ3) is 3.00. The average Bonchev–Trinajstić information content (AvgIpc) is 2.68. The molecule has 0 heterocycles. The standard InChI is InChI=1S/C11H15F3O3/c1-2-17-9(15)10(16,11(12,13)14)7-8-5-3-4-6-8/h5,16H,2-4,6-7H2,1H3/t10-/m1/s1. The van der Waals surface area contributed by atoms with E-state index in [2.05, 4.69) is 4.74 Å². The Labute approximate surface area is 97.3 Å². The van der Waals surface area contributed by atoms with Crippen LogP contribution in [0.2, 0.25) is 0 Å². The second-order valence-electron chi connectivity index (χ2n) is 4.01. The second kappa shape index (κ2) is 5.08. The number of alkyl halides is 3. The Morgan fingerprint density at radius 1 is 1.53 bits per heavy atom. The molecular weight excluding hydrogens is 237 g/mol. The van der Waals surface area contributed by atoms with Crippen LogP contribution in [0.1, 0.15) is 32.6 Å². The predicted octanol–water partition coefficient (Wildman–Crippen LogP) is 2.34. The number of carbonyl (C=O) groups is 1. The fourth-order valence-corrected chi connectivity index (χ4v) is 1.77. The molecule has 0 unspecified atom stereocenters. The van der Waals surface area contributed by atoms with Crippen molar-refractivity contribution in [2.45, 2.75) is 44.4 Å². The van der Waals surface area contributed by atoms with Gasteiger partial charge < -0.3 is 9.84 Å². The highest BCUT2D eigenvalue weighted by Gasteiger charge is 2.60. The van der Waals surface area contributed by atoms with Crippen LogP contribution in [0.3, 0.4) is 0 Å². The molecule has 0 aromatic carbocycles. The Bertz CT molecular complexity index is 322. The molecule has 1 rings (SSSR count). The lowest BCUT2D eigenvalue weighted by Gasteiger charge is -2.28. The molecule has 1 aliphatic rings. The van der Waals surface area contributed by atoms with Crippen LogP contribution in [0.15, 0.2) is 11.6 Å². The lowest BCUT2D eigenvalue weighted by atomic mass is 9.93. The third-order valence-electron chi connectivity index (χ3n) is 2.70. The molecular formula is C11H15F3O3. The zero-order chi connectivity index (χ0) is 13.1. The van der Waals surface area contributed by atoms with Crippen LogP contribution < -0.4 is 0 Å². The second-order valence-corrected chi connectivity index (χ2v) is 4.01. The van der Waals surface area contributed by atoms with Gasteiger partial charge in [0, 0.05) is 6.42 Å². The van der Waals surface area contributed by atoms with Gasteiger partial charge in [-0.1, -0.05) is 11.6 Å². The molecule has 0 aliphatic heterocycles. The van der Waals surface area contributed by atoms with Gasteiger partial charge in [-0.15, -0.1) is 0 Å². The number of esters is 1. The Balaban J connectivity index is 2.89. The molecule has 17 heavy (non-hydrogen) atoms. The van der Waals surface area contributed by atoms with Crippen LogP contribution >= 0.6 is 0 Å². The number of allylic oxidation sites excluding steroid dienone is 1. The number of halogens is 3. The van der Waals surface area contributed by atoms with Gasteiger partial charge in [-0.25, -0.2) is 4.79 Å². The van der Waals surface area contributed by atoms with Crippen molar-refractivity contribution in [1.29, 1.82) is 0 Å². The Morgan fingerprint density at radius 3 is 2.59 bits per heavy atom. The van der Waals surface area contributed by atoms with Crippen molar-refractivity contribution in [2.75, 3.05) is 6.61 Å². The minimum absolute atomic E-state index is 0.198. The van der Waals surface area contributed by atoms with E-state index in [1.54, 1.807) is 6.08 Å². The third-order valence-corrected chi connectivity index (χ3v) is 2.70. The van der Waals surface area contributed by atoms with E-state index in [9.17, 15) is 23.1 Å². The number of ether oxygens (including phenoxy) is 1. The molecule has 0 radical (unpaired) electrons. The molecule has 0 fully saturated rings. The van der Waals surface area contributed by atoms with E-state index < -0.39 is 24.2 Å². The quantitative estimate of drug-likeness (QED) is 0.617. The first kappa shape index (κ1) is 14.0. The van der Waals surface area contributed by atoms with Crippen LogP contribution in [0.4, 0.5) is 13.2 Å². The van der Waals surface area contributed by atoms with Crippen molar-refractivity contribution in [3.05, 3.63) is 11.6 Å². The summed E-state index contributed by atoms with van der Waals surface area (Å²) in [6, 6.07) is 0. The van der Waals surface area contributed by atoms with Gasteiger partial charge in [0.2, 0.25) is 0 Å². The topological polar surface area (TPSA) is 46.5 Å². The molecule has 0 bridgehead atoms. The summed E-state index contributed by atoms with van der Waals surface area (Å²) in [4.78, 5) is 11.3. The highest BCUT2D eigenvalue weighted by Crippen LogP contribution is 2.38. The number of carbonyl (C=O) groups excluding carboxylic acids is 1. The fourth-order valence-electron chi connectivity index (χ4n) is 1.77. The Kier molecular flexibility index (Phi) is 4.19. The zero-order valence-corrected chi connectivity index (χ0v) is 9.51. The smallest absolute Gasteiger partial charge is 0.428 e. The summed E-state index contributed by atoms with van der Waals surface area (Å²) in [6.07, 6.45) is -2.19. The summed E-state index contributed by atoms with van der Waals surface area (Å²) in [6.45, 7) is 1.19. The molecule has 98 valence electrons. The Hall–Kier alpha value is -1.04. The summed E-state index contributed by atoms with van der Waals surface area (Å²) in [7, 11) is 0. The molecule has 0 aromatic rings. The van der Waals surface area contributed by atoms with E-state index in [1.807, 2.05) is 0 Å². The van der Waals surface area contributed by atoms with Crippen LogP contribution in [0.5, 0.6) is 0 Å². The summed E-state index contributed by atoms with van der Waals surface area (Å²) in [5.74, 6) is -1.62. The molecule has 0 saturated carbocycles. The van der Waals surface area contributed by atoms with Crippen LogP contribution in [-0.2, 0) is 9.53 Å². The Morgan fingerprint density at radius 2 is 2.18 bits per heavy atom. The van der Waals surface area contributed by atoms with Crippen molar-refractivity contribution >= 4 is 5.97 Å². The molecule has 6 heteroatoms. The molecule has 0 aromatic heterocycles. The van der Waals surface area contributed by atoms with Gasteiger partial charge in [0.25, 0.3) is 5.60 Å². The van der Waals surface area contributed by atoms with Gasteiger partial charge in [0.1, 0.15) is 0 Å². The van der Waals surface area contributed by atoms with Crippen molar-refractivity contribution in [1.82, 2.24) is 0 Å². The van der Waals surface area contributed by atoms with E-state index in [0.717, 1.165) is 6.42 Å². The van der Waals surface area contributed by atoms with Crippen LogP contribution in [-0.4, -0.2) is 29.5 Å². The van der Waals surface area contributed by atoms with Gasteiger partial charge in [-0.05, 0) is 26.2 Å². The maximum Gasteiger partial charge on any atom is 0.428 e. The summed E-state index contributed by atoms with van der Waals surface area (Å²) in [5.41, 5.74) is -2.96. The number of hydrogen-bond donors (Lipinski definition) is 1. The first-order chi connectivity index (χ1) is 7.81. The SMILES string of the molecule is CCOC(=O)[C@](O)(CC1=CCCC1)C(F)(F)F. The molecule has 0 saturated heterocycles. The van der Waals surface area contributed by atoms with Gasteiger partial charge >= 0.3 is 12.1 Å². The van der Waals surface area contributed by atoms with Crippen LogP contribution in [0, 0.1) is 0 Å². The molecule has 1 atom stereocenters. The molecule has 3 nitrogen and oxygen atoms in total. The summed E-state index contributed by atoms with van der Waals surface area (Å²) < 4.78 is 42.6. The molecule has 0 spiro atoms. The van der Waals surface area contributed by atoms with E-state index in [-0.39, 0.29) is 6.61 Å². The average molecular weight is 252 g/mol. The van der Waals surface area contributed by atoms with E-state index in [1.165, 1.54) is 6.92 Å². The largest absolute Gasteiger partial charge is 0.464 e. The maximum atomic E-state index is 12.8. The van der Waals surface area contributed by atoms with Crippen LogP contribution in [0.25, 0.3) is 0 Å². The maximum absolute atomic E-state index is 12.8. The summed E-state index contributed by atoms with van der Waals surface area (Å²) in [5, 5.41) is 9.57. The first-order valence-corrected chi connectivity index (χ1v) is 5.45. The van der Waals surface area contributed by atoms with Crippen molar-refractivity contribution in [3.63, 3.8) is 0 Å². The molecule has 1 N–H and O–H groups in total. The minimum Gasteiger partial charge on any atom is -0.464 e. The highest BCUT2D eigenvalue weighted by molar-refractivity contribution is 5.80. The van der Waals surface area contributed by atoms with Crippen molar-refractivity contribution in [2.24, 2.45) is 0 Å².